The quantitative estimate of drug-likeness (QED) is 0.836. The van der Waals surface area contributed by atoms with Gasteiger partial charge >= 0.3 is 0 Å². The zero-order valence-electron chi connectivity index (χ0n) is 13.8. The van der Waals surface area contributed by atoms with Crippen molar-refractivity contribution in [2.45, 2.75) is 19.6 Å². The Morgan fingerprint density at radius 2 is 1.83 bits per heavy atom. The van der Waals surface area contributed by atoms with Gasteiger partial charge in [0.25, 0.3) is 0 Å². The van der Waals surface area contributed by atoms with Crippen molar-refractivity contribution >= 4 is 21.4 Å². The molecule has 0 spiro atoms. The van der Waals surface area contributed by atoms with E-state index in [1.807, 2.05) is 26.0 Å². The number of amides is 1. The summed E-state index contributed by atoms with van der Waals surface area (Å²) in [6.45, 7) is 4.34. The minimum atomic E-state index is -3.52. The largest absolute Gasteiger partial charge is 0.494 e. The van der Waals surface area contributed by atoms with Crippen molar-refractivity contribution in [1.82, 2.24) is 0 Å². The van der Waals surface area contributed by atoms with Crippen molar-refractivity contribution in [3.05, 3.63) is 59.7 Å². The lowest BCUT2D eigenvalue weighted by atomic mass is 10.2. The Kier molecular flexibility index (Phi) is 5.98. The lowest BCUT2D eigenvalue weighted by molar-refractivity contribution is -0.113. The van der Waals surface area contributed by atoms with E-state index in [1.54, 1.807) is 36.4 Å². The molecule has 2 aromatic carbocycles. The summed E-state index contributed by atoms with van der Waals surface area (Å²) < 4.78 is 29.7. The zero-order valence-corrected chi connectivity index (χ0v) is 14.6. The van der Waals surface area contributed by atoms with Crippen LogP contribution in [-0.4, -0.2) is 26.7 Å². The first-order valence-electron chi connectivity index (χ1n) is 7.66. The molecule has 0 aliphatic carbocycles. The number of hydrogen-bond donors (Lipinski definition) is 1. The van der Waals surface area contributed by atoms with Gasteiger partial charge in [0.1, 0.15) is 11.5 Å². The van der Waals surface area contributed by atoms with Gasteiger partial charge in [-0.25, -0.2) is 8.42 Å². The average molecular weight is 347 g/mol. The van der Waals surface area contributed by atoms with Gasteiger partial charge in [-0.05, 0) is 43.7 Å². The van der Waals surface area contributed by atoms with Crippen molar-refractivity contribution in [2.24, 2.45) is 0 Å². The molecule has 0 unspecified atom stereocenters. The number of anilines is 1. The number of carbonyl (C=O) groups excluding carboxylic acids is 1. The number of rotatable bonds is 7. The molecule has 24 heavy (non-hydrogen) atoms. The molecule has 2 rings (SSSR count). The van der Waals surface area contributed by atoms with E-state index >= 15 is 0 Å². The van der Waals surface area contributed by atoms with Crippen LogP contribution in [0.2, 0.25) is 0 Å². The first-order valence-corrected chi connectivity index (χ1v) is 9.49. The first-order chi connectivity index (χ1) is 11.4. The molecule has 0 saturated carbocycles. The maximum Gasteiger partial charge on any atom is 0.239 e. The Hall–Kier alpha value is -2.34. The highest BCUT2D eigenvalue weighted by molar-refractivity contribution is 7.91. The summed E-state index contributed by atoms with van der Waals surface area (Å²) in [6.07, 6.45) is 0. The minimum absolute atomic E-state index is 0.147. The standard InChI is InChI=1S/C18H21NO4S/c1-3-23-17-9-7-16(8-10-17)19-18(20)13-24(21,22)12-15-6-4-5-14(2)11-15/h4-11H,3,12-13H2,1-2H3,(H,19,20). The Labute approximate surface area is 142 Å². The summed E-state index contributed by atoms with van der Waals surface area (Å²) >= 11 is 0. The molecule has 6 heteroatoms. The third kappa shape index (κ3) is 5.70. The van der Waals surface area contributed by atoms with Gasteiger partial charge in [0, 0.05) is 5.69 Å². The van der Waals surface area contributed by atoms with Crippen LogP contribution in [-0.2, 0) is 20.4 Å². The van der Waals surface area contributed by atoms with Crippen LogP contribution in [0.25, 0.3) is 0 Å². The maximum atomic E-state index is 12.2. The fourth-order valence-electron chi connectivity index (χ4n) is 2.30. The van der Waals surface area contributed by atoms with E-state index in [0.717, 1.165) is 5.56 Å². The van der Waals surface area contributed by atoms with E-state index in [4.69, 9.17) is 4.74 Å². The number of sulfone groups is 1. The normalized spacial score (nSPS) is 11.1. The number of aryl methyl sites for hydroxylation is 1. The molecular weight excluding hydrogens is 326 g/mol. The lowest BCUT2D eigenvalue weighted by Gasteiger charge is -2.08. The van der Waals surface area contributed by atoms with Crippen LogP contribution in [0.3, 0.4) is 0 Å². The van der Waals surface area contributed by atoms with Crippen LogP contribution in [0.4, 0.5) is 5.69 Å². The van der Waals surface area contributed by atoms with Crippen LogP contribution < -0.4 is 10.1 Å². The minimum Gasteiger partial charge on any atom is -0.494 e. The Bertz CT molecular complexity index is 798. The molecule has 0 radical (unpaired) electrons. The number of hydrogen-bond acceptors (Lipinski definition) is 4. The van der Waals surface area contributed by atoms with Crippen LogP contribution in [0, 0.1) is 6.92 Å². The average Bonchev–Trinajstić information content (AvgIpc) is 2.48. The molecule has 1 amide bonds. The van der Waals surface area contributed by atoms with Crippen molar-refractivity contribution in [2.75, 3.05) is 17.7 Å². The Morgan fingerprint density at radius 1 is 1.12 bits per heavy atom. The monoisotopic (exact) mass is 347 g/mol. The molecule has 0 saturated heterocycles. The van der Waals surface area contributed by atoms with Crippen LogP contribution >= 0.6 is 0 Å². The van der Waals surface area contributed by atoms with E-state index in [2.05, 4.69) is 5.32 Å². The third-order valence-electron chi connectivity index (χ3n) is 3.27. The summed E-state index contributed by atoms with van der Waals surface area (Å²) in [7, 11) is -3.52. The summed E-state index contributed by atoms with van der Waals surface area (Å²) in [5.74, 6) is -0.547. The Morgan fingerprint density at radius 3 is 2.46 bits per heavy atom. The van der Waals surface area contributed by atoms with E-state index in [1.165, 1.54) is 0 Å². The Balaban J connectivity index is 1.95. The van der Waals surface area contributed by atoms with Crippen molar-refractivity contribution < 1.29 is 17.9 Å². The van der Waals surface area contributed by atoms with Gasteiger partial charge in [-0.3, -0.25) is 4.79 Å². The van der Waals surface area contributed by atoms with E-state index in [9.17, 15) is 13.2 Å². The highest BCUT2D eigenvalue weighted by Gasteiger charge is 2.17. The molecule has 1 N–H and O–H groups in total. The van der Waals surface area contributed by atoms with Gasteiger partial charge < -0.3 is 10.1 Å². The van der Waals surface area contributed by atoms with Crippen molar-refractivity contribution in [3.8, 4) is 5.75 Å². The molecule has 0 aliphatic heterocycles. The van der Waals surface area contributed by atoms with Gasteiger partial charge in [-0.15, -0.1) is 0 Å². The first kappa shape index (κ1) is 18.0. The molecule has 0 aliphatic rings. The molecule has 128 valence electrons. The highest BCUT2D eigenvalue weighted by atomic mass is 32.2. The fraction of sp³-hybridized carbons (Fsp3) is 0.278. The smallest absolute Gasteiger partial charge is 0.239 e. The van der Waals surface area contributed by atoms with Gasteiger partial charge in [0.15, 0.2) is 9.84 Å². The predicted molar refractivity (Wildman–Crippen MR) is 94.9 cm³/mol. The van der Waals surface area contributed by atoms with Gasteiger partial charge in [-0.1, -0.05) is 29.8 Å². The van der Waals surface area contributed by atoms with Gasteiger partial charge in [-0.2, -0.15) is 0 Å². The number of benzene rings is 2. The van der Waals surface area contributed by atoms with Crippen molar-refractivity contribution in [1.29, 1.82) is 0 Å². The van der Waals surface area contributed by atoms with E-state index in [-0.39, 0.29) is 5.75 Å². The SMILES string of the molecule is CCOc1ccc(NC(=O)CS(=O)(=O)Cc2cccc(C)c2)cc1. The predicted octanol–water partition coefficient (Wildman–Crippen LogP) is 2.95. The summed E-state index contributed by atoms with van der Waals surface area (Å²) in [5.41, 5.74) is 2.21. The molecule has 2 aromatic rings. The van der Waals surface area contributed by atoms with Crippen LogP contribution in [0.15, 0.2) is 48.5 Å². The summed E-state index contributed by atoms with van der Waals surface area (Å²) in [6, 6.07) is 14.1. The molecule has 0 atom stereocenters. The topological polar surface area (TPSA) is 72.5 Å². The molecule has 0 aromatic heterocycles. The molecule has 5 nitrogen and oxygen atoms in total. The second-order valence-corrected chi connectivity index (χ2v) is 7.59. The van der Waals surface area contributed by atoms with E-state index in [0.29, 0.717) is 23.6 Å². The van der Waals surface area contributed by atoms with Crippen molar-refractivity contribution in [3.63, 3.8) is 0 Å². The second kappa shape index (κ2) is 7.97. The highest BCUT2D eigenvalue weighted by Crippen LogP contribution is 2.16. The number of ether oxygens (including phenoxy) is 1. The molecule has 0 heterocycles. The second-order valence-electron chi connectivity index (χ2n) is 5.53. The third-order valence-corrected chi connectivity index (χ3v) is 4.74. The summed E-state index contributed by atoms with van der Waals surface area (Å²) in [4.78, 5) is 12.0. The van der Waals surface area contributed by atoms with E-state index < -0.39 is 21.5 Å². The molecule has 0 fully saturated rings. The summed E-state index contributed by atoms with van der Waals surface area (Å²) in [5, 5.41) is 2.59. The maximum absolute atomic E-state index is 12.2. The zero-order chi connectivity index (χ0) is 17.6. The van der Waals surface area contributed by atoms with Crippen LogP contribution in [0.1, 0.15) is 18.1 Å². The van der Waals surface area contributed by atoms with Crippen LogP contribution in [0.5, 0.6) is 5.75 Å². The number of nitrogens with one attached hydrogen (secondary N) is 1. The van der Waals surface area contributed by atoms with Gasteiger partial charge in [0.05, 0.1) is 12.4 Å². The molecule has 0 bridgehead atoms. The number of carbonyl (C=O) groups is 1. The lowest BCUT2D eigenvalue weighted by Crippen LogP contribution is -2.23. The fourth-order valence-corrected chi connectivity index (χ4v) is 3.57. The van der Waals surface area contributed by atoms with Gasteiger partial charge in [0.2, 0.25) is 5.91 Å². The molecular formula is C18H21NO4S.